The number of halogens is 2. The molecule has 0 unspecified atom stereocenters. The van der Waals surface area contributed by atoms with Crippen LogP contribution >= 0.6 is 0 Å². The summed E-state index contributed by atoms with van der Waals surface area (Å²) in [6.07, 6.45) is 0. The molecule has 100 valence electrons. The number of nitrogens with two attached hydrogens (primary N) is 1. The molecule has 1 aromatic rings. The number of rotatable bonds is 5. The smallest absolute Gasteiger partial charge is 0.350 e. The Balaban J connectivity index is 2.81. The summed E-state index contributed by atoms with van der Waals surface area (Å²) >= 11 is 0. The van der Waals surface area contributed by atoms with Crippen molar-refractivity contribution in [1.29, 1.82) is 0 Å². The highest BCUT2D eigenvalue weighted by Gasteiger charge is 2.22. The van der Waals surface area contributed by atoms with Gasteiger partial charge in [0, 0.05) is 12.1 Å². The molecular weight excluding hydrogens is 268 g/mol. The lowest BCUT2D eigenvalue weighted by atomic mass is 10.1. The first kappa shape index (κ1) is 14.3. The van der Waals surface area contributed by atoms with Crippen molar-refractivity contribution in [2.75, 3.05) is 0 Å². The van der Waals surface area contributed by atoms with Gasteiger partial charge in [0.15, 0.2) is 5.84 Å². The topological polar surface area (TPSA) is 105 Å². The van der Waals surface area contributed by atoms with Crippen LogP contribution in [0.2, 0.25) is 0 Å². The second-order valence-electron chi connectivity index (χ2n) is 3.31. The Kier molecular flexibility index (Phi) is 4.56. The summed E-state index contributed by atoms with van der Waals surface area (Å²) < 4.78 is 47.5. The Labute approximate surface area is 102 Å². The molecule has 4 N–H and O–H groups in total. The molecule has 6 nitrogen and oxygen atoms in total. The lowest BCUT2D eigenvalue weighted by molar-refractivity contribution is 0.232. The minimum absolute atomic E-state index is 0.159. The van der Waals surface area contributed by atoms with Crippen LogP contribution < -0.4 is 10.5 Å². The molecule has 0 saturated carbocycles. The molecule has 0 aliphatic heterocycles. The minimum atomic E-state index is -4.63. The number of hydrogen-bond acceptors (Lipinski definition) is 4. The number of sulfonamides is 1. The van der Waals surface area contributed by atoms with Gasteiger partial charge in [-0.25, -0.2) is 13.1 Å². The fraction of sp³-hybridized carbons (Fsp3) is 0.222. The number of benzene rings is 1. The van der Waals surface area contributed by atoms with E-state index in [-0.39, 0.29) is 12.4 Å². The maximum Gasteiger partial charge on any atom is 0.350 e. The van der Waals surface area contributed by atoms with Gasteiger partial charge in [-0.2, -0.15) is 8.78 Å². The molecule has 0 heterocycles. The van der Waals surface area contributed by atoms with E-state index >= 15 is 0 Å². The first-order valence-electron chi connectivity index (χ1n) is 4.70. The number of nitrogens with zero attached hydrogens (tertiary/aromatic N) is 1. The van der Waals surface area contributed by atoms with E-state index in [1.54, 1.807) is 4.72 Å². The van der Waals surface area contributed by atoms with Gasteiger partial charge in [0.2, 0.25) is 0 Å². The summed E-state index contributed by atoms with van der Waals surface area (Å²) in [4.78, 5) is 0. The van der Waals surface area contributed by atoms with Crippen molar-refractivity contribution >= 4 is 15.9 Å². The van der Waals surface area contributed by atoms with Gasteiger partial charge < -0.3 is 10.9 Å². The summed E-state index contributed by atoms with van der Waals surface area (Å²) in [6.45, 7) is -0.306. The fourth-order valence-electron chi connectivity index (χ4n) is 1.15. The third-order valence-electron chi connectivity index (χ3n) is 2.04. The van der Waals surface area contributed by atoms with Crippen molar-refractivity contribution in [2.45, 2.75) is 12.3 Å². The molecule has 1 aromatic carbocycles. The molecule has 9 heteroatoms. The van der Waals surface area contributed by atoms with Crippen molar-refractivity contribution in [3.63, 3.8) is 0 Å². The van der Waals surface area contributed by atoms with Crippen LogP contribution in [0.4, 0.5) is 8.78 Å². The largest absolute Gasteiger partial charge is 0.409 e. The molecule has 18 heavy (non-hydrogen) atoms. The Morgan fingerprint density at radius 2 is 2.17 bits per heavy atom. The Morgan fingerprint density at radius 1 is 1.50 bits per heavy atom. The maximum atomic E-state index is 12.1. The highest BCUT2D eigenvalue weighted by atomic mass is 32.2. The second kappa shape index (κ2) is 5.74. The minimum Gasteiger partial charge on any atom is -0.409 e. The molecule has 0 radical (unpaired) electrons. The van der Waals surface area contributed by atoms with Crippen molar-refractivity contribution < 1.29 is 22.4 Å². The second-order valence-corrected chi connectivity index (χ2v) is 5.05. The van der Waals surface area contributed by atoms with Gasteiger partial charge in [-0.05, 0) is 11.6 Å². The van der Waals surface area contributed by atoms with E-state index in [9.17, 15) is 17.2 Å². The number of oxime groups is 1. The van der Waals surface area contributed by atoms with E-state index < -0.39 is 15.8 Å². The zero-order chi connectivity index (χ0) is 13.8. The standard InChI is InChI=1S/C9H11F2N3O3S/c10-9(11)18(16,17)13-5-6-2-1-3-7(4-6)8(12)14-15/h1-4,9,13,15H,5H2,(H2,12,14). The monoisotopic (exact) mass is 279 g/mol. The molecule has 0 aliphatic carbocycles. The fourth-order valence-corrected chi connectivity index (χ4v) is 1.64. The first-order valence-corrected chi connectivity index (χ1v) is 6.25. The van der Waals surface area contributed by atoms with E-state index in [0.717, 1.165) is 0 Å². The number of amidine groups is 1. The van der Waals surface area contributed by atoms with E-state index in [1.807, 2.05) is 0 Å². The van der Waals surface area contributed by atoms with E-state index in [0.29, 0.717) is 11.1 Å². The van der Waals surface area contributed by atoms with Gasteiger partial charge in [0.05, 0.1) is 0 Å². The zero-order valence-electron chi connectivity index (χ0n) is 9.05. The maximum absolute atomic E-state index is 12.1. The zero-order valence-corrected chi connectivity index (χ0v) is 9.86. The summed E-state index contributed by atoms with van der Waals surface area (Å²) in [6, 6.07) is 5.99. The van der Waals surface area contributed by atoms with Gasteiger partial charge in [-0.15, -0.1) is 0 Å². The SMILES string of the molecule is N/C(=N/O)c1cccc(CNS(=O)(=O)C(F)F)c1. The lowest BCUT2D eigenvalue weighted by Gasteiger charge is -2.06. The van der Waals surface area contributed by atoms with Crippen molar-refractivity contribution in [2.24, 2.45) is 10.9 Å². The first-order chi connectivity index (χ1) is 8.36. The third-order valence-corrected chi connectivity index (χ3v) is 3.06. The molecule has 0 fully saturated rings. The van der Waals surface area contributed by atoms with Crippen LogP contribution in [0, 0.1) is 0 Å². The molecule has 0 aliphatic rings. The molecule has 0 saturated heterocycles. The molecule has 0 bridgehead atoms. The Hall–Kier alpha value is -1.74. The van der Waals surface area contributed by atoms with Gasteiger partial charge in [0.25, 0.3) is 10.0 Å². The Bertz CT molecular complexity index is 546. The van der Waals surface area contributed by atoms with Crippen LogP contribution in [-0.2, 0) is 16.6 Å². The van der Waals surface area contributed by atoms with E-state index in [2.05, 4.69) is 5.16 Å². The molecule has 0 aromatic heterocycles. The molecular formula is C9H11F2N3O3S. The highest BCUT2D eigenvalue weighted by molar-refractivity contribution is 7.89. The van der Waals surface area contributed by atoms with Crippen LogP contribution in [0.25, 0.3) is 0 Å². The third kappa shape index (κ3) is 3.64. The predicted octanol–water partition coefficient (Wildman–Crippen LogP) is 0.423. The number of alkyl halides is 2. The predicted molar refractivity (Wildman–Crippen MR) is 60.7 cm³/mol. The van der Waals surface area contributed by atoms with Crippen LogP contribution in [-0.4, -0.2) is 25.2 Å². The molecule has 0 spiro atoms. The number of hydrogen-bond donors (Lipinski definition) is 3. The van der Waals surface area contributed by atoms with Crippen LogP contribution in [0.1, 0.15) is 11.1 Å². The lowest BCUT2D eigenvalue weighted by Crippen LogP contribution is -2.29. The molecule has 0 amide bonds. The van der Waals surface area contributed by atoms with Gasteiger partial charge >= 0.3 is 5.76 Å². The van der Waals surface area contributed by atoms with Gasteiger partial charge in [-0.3, -0.25) is 0 Å². The molecule has 1 rings (SSSR count). The van der Waals surface area contributed by atoms with E-state index in [1.165, 1.54) is 24.3 Å². The van der Waals surface area contributed by atoms with Crippen molar-refractivity contribution in [3.8, 4) is 0 Å². The highest BCUT2D eigenvalue weighted by Crippen LogP contribution is 2.07. The Morgan fingerprint density at radius 3 is 2.72 bits per heavy atom. The van der Waals surface area contributed by atoms with Crippen LogP contribution in [0.15, 0.2) is 29.4 Å². The summed E-state index contributed by atoms with van der Waals surface area (Å²) in [5, 5.41) is 11.2. The van der Waals surface area contributed by atoms with Crippen molar-refractivity contribution in [3.05, 3.63) is 35.4 Å². The average molecular weight is 279 g/mol. The van der Waals surface area contributed by atoms with E-state index in [4.69, 9.17) is 10.9 Å². The van der Waals surface area contributed by atoms with Crippen molar-refractivity contribution in [1.82, 2.24) is 4.72 Å². The quantitative estimate of drug-likeness (QED) is 0.314. The summed E-state index contributed by atoms with van der Waals surface area (Å²) in [5.41, 5.74) is 6.09. The summed E-state index contributed by atoms with van der Waals surface area (Å²) in [7, 11) is -4.63. The molecule has 0 atom stereocenters. The normalized spacial score (nSPS) is 12.9. The van der Waals surface area contributed by atoms with Crippen LogP contribution in [0.5, 0.6) is 0 Å². The van der Waals surface area contributed by atoms with Crippen LogP contribution in [0.3, 0.4) is 0 Å². The summed E-state index contributed by atoms with van der Waals surface area (Å²) in [5.74, 6) is -3.64. The average Bonchev–Trinajstić information content (AvgIpc) is 2.35. The number of nitrogens with one attached hydrogen (secondary N) is 1. The van der Waals surface area contributed by atoms with Gasteiger partial charge in [-0.1, -0.05) is 23.4 Å². The van der Waals surface area contributed by atoms with Gasteiger partial charge in [0.1, 0.15) is 0 Å².